The molecule has 0 bridgehead atoms. The lowest BCUT2D eigenvalue weighted by Gasteiger charge is -2.08. The van der Waals surface area contributed by atoms with Gasteiger partial charge in [0.05, 0.1) is 28.0 Å². The minimum Gasteiger partial charge on any atom is -0.618 e. The van der Waals surface area contributed by atoms with Crippen LogP contribution in [0.1, 0.15) is 0 Å². The van der Waals surface area contributed by atoms with Crippen molar-refractivity contribution in [1.29, 1.82) is 0 Å². The quantitative estimate of drug-likeness (QED) is 0.0806. The van der Waals surface area contributed by atoms with Gasteiger partial charge in [-0.1, -0.05) is 91.0 Å². The molecular formula is C33H22Cl2N4O. The summed E-state index contributed by atoms with van der Waals surface area (Å²) in [5.74, 6) is 0. The molecule has 0 radical (unpaired) electrons. The zero-order valence-electron chi connectivity index (χ0n) is 21.2. The lowest BCUT2D eigenvalue weighted by molar-refractivity contribution is -0.576. The number of alkyl halides is 2. The molecule has 6 aromatic carbocycles. The highest BCUT2D eigenvalue weighted by Gasteiger charge is 2.14. The first-order chi connectivity index (χ1) is 19.7. The zero-order valence-corrected chi connectivity index (χ0v) is 22.7. The minimum absolute atomic E-state index is 0.194. The van der Waals surface area contributed by atoms with Crippen molar-refractivity contribution < 1.29 is 4.73 Å². The van der Waals surface area contributed by atoms with E-state index in [2.05, 4.69) is 57.4 Å². The van der Waals surface area contributed by atoms with Gasteiger partial charge in [0.15, 0.2) is 6.20 Å². The third-order valence-corrected chi connectivity index (χ3v) is 6.86. The highest BCUT2D eigenvalue weighted by Crippen LogP contribution is 2.33. The van der Waals surface area contributed by atoms with Crippen molar-refractivity contribution in [2.24, 2.45) is 0 Å². The first-order valence-electron chi connectivity index (χ1n) is 12.6. The molecule has 0 aliphatic heterocycles. The number of halogens is 2. The van der Waals surface area contributed by atoms with Gasteiger partial charge in [0.1, 0.15) is 5.52 Å². The highest BCUT2D eigenvalue weighted by molar-refractivity contribution is 6.40. The van der Waals surface area contributed by atoms with Crippen molar-refractivity contribution in [3.8, 4) is 0 Å². The second-order valence-corrected chi connectivity index (χ2v) is 9.80. The molecule has 2 aromatic heterocycles. The summed E-state index contributed by atoms with van der Waals surface area (Å²) < 4.78 is 0.900. The maximum Gasteiger partial charge on any atom is 0.250 e. The van der Waals surface area contributed by atoms with Gasteiger partial charge >= 0.3 is 0 Å². The molecule has 0 N–H and O–H groups in total. The molecule has 5 nitrogen and oxygen atoms in total. The number of nitrogens with zero attached hydrogens (tertiary/aromatic N) is 4. The Balaban J connectivity index is 0.000000132. The van der Waals surface area contributed by atoms with Crippen LogP contribution >= 0.6 is 23.2 Å². The number of fused-ring (bicyclic) bond motifs is 12. The lowest BCUT2D eigenvalue weighted by atomic mass is 10.00. The largest absolute Gasteiger partial charge is 0.618 e. The summed E-state index contributed by atoms with van der Waals surface area (Å²) in [6.45, 7) is 0. The number of rotatable bonds is 0. The molecule has 0 saturated carbocycles. The second kappa shape index (κ2) is 11.3. The molecule has 194 valence electrons. The van der Waals surface area contributed by atoms with Crippen molar-refractivity contribution in [3.63, 3.8) is 0 Å². The molecule has 0 amide bonds. The number of hydrogen-bond acceptors (Lipinski definition) is 4. The summed E-state index contributed by atoms with van der Waals surface area (Å²) in [7, 11) is 0. The molecule has 0 aliphatic carbocycles. The Hall–Kier alpha value is -4.58. The third kappa shape index (κ3) is 4.49. The van der Waals surface area contributed by atoms with Gasteiger partial charge in [-0.2, -0.15) is 4.73 Å². The van der Waals surface area contributed by atoms with Crippen LogP contribution in [0.5, 0.6) is 0 Å². The van der Waals surface area contributed by atoms with Crippen LogP contribution in [0, 0.1) is 5.21 Å². The molecule has 0 unspecified atom stereocenters. The van der Waals surface area contributed by atoms with Crippen LogP contribution < -0.4 is 4.73 Å². The Labute approximate surface area is 239 Å². The Morgan fingerprint density at radius 3 is 1.25 bits per heavy atom. The first-order valence-corrected chi connectivity index (χ1v) is 13.7. The molecule has 0 spiro atoms. The zero-order chi connectivity index (χ0) is 27.5. The average Bonchev–Trinajstić information content (AvgIpc) is 3.02. The van der Waals surface area contributed by atoms with E-state index in [4.69, 9.17) is 23.2 Å². The average molecular weight is 561 g/mol. The summed E-state index contributed by atoms with van der Waals surface area (Å²) >= 11 is 9.53. The SMILES string of the molecule is ClCCl.[O-][n+]1ccnc2c3ccccc3c3ccccc3c21.c1ccc2c(c1)c1ccccc1c1nccnc21. The van der Waals surface area contributed by atoms with Gasteiger partial charge in [0, 0.05) is 28.6 Å². The predicted octanol–water partition coefficient (Wildman–Crippen LogP) is 8.53. The van der Waals surface area contributed by atoms with Crippen LogP contribution in [0.3, 0.4) is 0 Å². The van der Waals surface area contributed by atoms with E-state index < -0.39 is 0 Å². The van der Waals surface area contributed by atoms with Crippen LogP contribution in [0.15, 0.2) is 122 Å². The van der Waals surface area contributed by atoms with Crippen LogP contribution in [-0.4, -0.2) is 20.3 Å². The van der Waals surface area contributed by atoms with E-state index in [1.165, 1.54) is 27.7 Å². The summed E-state index contributed by atoms with van der Waals surface area (Å²) in [6.07, 6.45) is 6.51. The first kappa shape index (κ1) is 25.7. The van der Waals surface area contributed by atoms with Gasteiger partial charge in [-0.05, 0) is 27.6 Å². The van der Waals surface area contributed by atoms with Crippen LogP contribution in [-0.2, 0) is 0 Å². The second-order valence-electron chi connectivity index (χ2n) is 8.99. The van der Waals surface area contributed by atoms with Gasteiger partial charge < -0.3 is 5.21 Å². The van der Waals surface area contributed by atoms with Crippen molar-refractivity contribution >= 4 is 88.4 Å². The molecule has 40 heavy (non-hydrogen) atoms. The maximum atomic E-state index is 12.1. The van der Waals surface area contributed by atoms with Crippen LogP contribution in [0.2, 0.25) is 0 Å². The third-order valence-electron chi connectivity index (χ3n) is 6.86. The molecule has 0 aliphatic rings. The minimum atomic E-state index is 0.194. The molecule has 0 atom stereocenters. The summed E-state index contributed by atoms with van der Waals surface area (Å²) in [5, 5.41) is 21.3. The fraction of sp³-hybridized carbons (Fsp3) is 0.0303. The Kier molecular flexibility index (Phi) is 7.23. The van der Waals surface area contributed by atoms with Gasteiger partial charge in [-0.25, -0.2) is 4.98 Å². The smallest absolute Gasteiger partial charge is 0.250 e. The Morgan fingerprint density at radius 1 is 0.475 bits per heavy atom. The lowest BCUT2D eigenvalue weighted by Crippen LogP contribution is -2.26. The van der Waals surface area contributed by atoms with Gasteiger partial charge in [0.25, 0.3) is 5.52 Å². The standard InChI is InChI=1S/C16H10N2O.C16H10N2.CH2Cl2/c19-18-10-9-17-15-13-7-3-1-5-11(13)12-6-2-4-8-14(12)16(15)18;1-3-7-13-11(5-1)12-6-2-4-8-14(12)16-15(13)17-9-10-18-16;2-1-3/h1-10H;1-10H;1H2. The van der Waals surface area contributed by atoms with Gasteiger partial charge in [-0.3, -0.25) is 9.97 Å². The molecular weight excluding hydrogens is 539 g/mol. The number of benzene rings is 6. The van der Waals surface area contributed by atoms with E-state index in [0.717, 1.165) is 42.8 Å². The molecule has 7 heteroatoms. The summed E-state index contributed by atoms with van der Waals surface area (Å²) in [4.78, 5) is 13.4. The predicted molar refractivity (Wildman–Crippen MR) is 167 cm³/mol. The summed E-state index contributed by atoms with van der Waals surface area (Å²) in [6, 6.07) is 32.8. The van der Waals surface area contributed by atoms with Gasteiger partial charge in [0.2, 0.25) is 0 Å². The summed E-state index contributed by atoms with van der Waals surface area (Å²) in [5.41, 5.74) is 3.35. The van der Waals surface area contributed by atoms with Crippen LogP contribution in [0.25, 0.3) is 65.2 Å². The van der Waals surface area contributed by atoms with Crippen molar-refractivity contribution in [2.45, 2.75) is 0 Å². The molecule has 0 saturated heterocycles. The highest BCUT2D eigenvalue weighted by atomic mass is 35.5. The number of hydrogen-bond donors (Lipinski definition) is 0. The number of aromatic nitrogens is 4. The van der Waals surface area contributed by atoms with Crippen molar-refractivity contribution in [3.05, 3.63) is 127 Å². The van der Waals surface area contributed by atoms with Crippen molar-refractivity contribution in [2.75, 3.05) is 5.34 Å². The molecule has 2 heterocycles. The maximum absolute atomic E-state index is 12.1. The molecule has 0 fully saturated rings. The Bertz CT molecular complexity index is 1880. The van der Waals surface area contributed by atoms with E-state index in [9.17, 15) is 5.21 Å². The van der Waals surface area contributed by atoms with E-state index in [1.807, 2.05) is 54.6 Å². The van der Waals surface area contributed by atoms with Gasteiger partial charge in [-0.15, -0.1) is 23.2 Å². The van der Waals surface area contributed by atoms with E-state index in [0.29, 0.717) is 5.52 Å². The van der Waals surface area contributed by atoms with E-state index in [-0.39, 0.29) is 5.34 Å². The van der Waals surface area contributed by atoms with E-state index in [1.54, 1.807) is 18.6 Å². The molecule has 8 aromatic rings. The fourth-order valence-corrected chi connectivity index (χ4v) is 5.28. The topological polar surface area (TPSA) is 65.6 Å². The molecule has 8 rings (SSSR count). The monoisotopic (exact) mass is 560 g/mol. The normalized spacial score (nSPS) is 10.9. The van der Waals surface area contributed by atoms with Crippen LogP contribution in [0.4, 0.5) is 0 Å². The Morgan fingerprint density at radius 2 is 0.800 bits per heavy atom. The van der Waals surface area contributed by atoms with Crippen molar-refractivity contribution in [1.82, 2.24) is 15.0 Å². The fourth-order valence-electron chi connectivity index (χ4n) is 5.28. The van der Waals surface area contributed by atoms with E-state index >= 15 is 0 Å².